The van der Waals surface area contributed by atoms with Crippen molar-refractivity contribution in [3.05, 3.63) is 27.7 Å². The van der Waals surface area contributed by atoms with E-state index in [-0.39, 0.29) is 5.75 Å². The molecule has 0 aromatic heterocycles. The number of hydrogen-bond acceptors (Lipinski definition) is 2. The number of sulfonamides is 1. The van der Waals surface area contributed by atoms with Crippen LogP contribution in [0.15, 0.2) is 22.7 Å². The Kier molecular flexibility index (Phi) is 5.08. The van der Waals surface area contributed by atoms with E-state index in [9.17, 15) is 8.42 Å². The van der Waals surface area contributed by atoms with Gasteiger partial charge in [-0.15, -0.1) is 0 Å². The maximum atomic E-state index is 11.6. The van der Waals surface area contributed by atoms with Gasteiger partial charge in [0.15, 0.2) is 0 Å². The molecule has 0 unspecified atom stereocenters. The number of nitrogens with one attached hydrogen (secondary N) is 1. The van der Waals surface area contributed by atoms with Gasteiger partial charge in [-0.05, 0) is 24.6 Å². The third-order valence-corrected chi connectivity index (χ3v) is 4.14. The maximum absolute atomic E-state index is 11.6. The first kappa shape index (κ1) is 13.8. The minimum Gasteiger partial charge on any atom is -0.282 e. The van der Waals surface area contributed by atoms with E-state index in [2.05, 4.69) is 20.7 Å². The number of halogens is 2. The fraction of sp³-hybridized carbons (Fsp3) is 0.400. The maximum Gasteiger partial charge on any atom is 0.232 e. The van der Waals surface area contributed by atoms with Gasteiger partial charge in [-0.25, -0.2) is 8.42 Å². The zero-order chi connectivity index (χ0) is 12.2. The van der Waals surface area contributed by atoms with Gasteiger partial charge in [0, 0.05) is 4.47 Å². The van der Waals surface area contributed by atoms with Crippen molar-refractivity contribution in [1.82, 2.24) is 0 Å². The SMILES string of the molecule is CCCCS(=O)(=O)Nc1cc(Br)ccc1Cl. The Morgan fingerprint density at radius 3 is 2.75 bits per heavy atom. The predicted octanol–water partition coefficient (Wildman–Crippen LogP) is 3.64. The third-order valence-electron chi connectivity index (χ3n) is 1.96. The Labute approximate surface area is 109 Å². The van der Waals surface area contributed by atoms with Gasteiger partial charge in [-0.1, -0.05) is 40.9 Å². The molecule has 0 spiro atoms. The first-order valence-corrected chi connectivity index (χ1v) is 7.72. The molecule has 0 amide bonds. The smallest absolute Gasteiger partial charge is 0.232 e. The monoisotopic (exact) mass is 325 g/mol. The molecule has 0 radical (unpaired) electrons. The number of rotatable bonds is 5. The molecule has 1 rings (SSSR count). The van der Waals surface area contributed by atoms with E-state index in [1.165, 1.54) is 0 Å². The summed E-state index contributed by atoms with van der Waals surface area (Å²) in [7, 11) is -3.29. The van der Waals surface area contributed by atoms with E-state index >= 15 is 0 Å². The van der Waals surface area contributed by atoms with Crippen LogP contribution < -0.4 is 4.72 Å². The highest BCUT2D eigenvalue weighted by molar-refractivity contribution is 9.10. The van der Waals surface area contributed by atoms with Gasteiger partial charge in [0.2, 0.25) is 10.0 Å². The van der Waals surface area contributed by atoms with E-state index in [0.29, 0.717) is 17.1 Å². The normalized spacial score (nSPS) is 11.4. The van der Waals surface area contributed by atoms with Crippen molar-refractivity contribution in [3.8, 4) is 0 Å². The molecule has 0 aliphatic carbocycles. The molecular weight excluding hydrogens is 314 g/mol. The Hall–Kier alpha value is -0.260. The van der Waals surface area contributed by atoms with Crippen LogP contribution >= 0.6 is 27.5 Å². The predicted molar refractivity (Wildman–Crippen MR) is 71.5 cm³/mol. The second-order valence-electron chi connectivity index (χ2n) is 3.40. The standard InChI is InChI=1S/C10H13BrClNO2S/c1-2-3-6-16(14,15)13-10-7-8(11)4-5-9(10)12/h4-5,7,13H,2-3,6H2,1H3. The van der Waals surface area contributed by atoms with Crippen molar-refractivity contribution in [2.24, 2.45) is 0 Å². The average molecular weight is 327 g/mol. The lowest BCUT2D eigenvalue weighted by Gasteiger charge is -2.09. The van der Waals surface area contributed by atoms with E-state index in [0.717, 1.165) is 10.9 Å². The summed E-state index contributed by atoms with van der Waals surface area (Å²) in [6, 6.07) is 5.04. The van der Waals surface area contributed by atoms with Crippen molar-refractivity contribution in [1.29, 1.82) is 0 Å². The van der Waals surface area contributed by atoms with E-state index in [4.69, 9.17) is 11.6 Å². The van der Waals surface area contributed by atoms with E-state index in [1.54, 1.807) is 18.2 Å². The largest absolute Gasteiger partial charge is 0.282 e. The summed E-state index contributed by atoms with van der Waals surface area (Å²) < 4.78 is 26.5. The Morgan fingerprint density at radius 1 is 1.44 bits per heavy atom. The Balaban J connectivity index is 2.83. The lowest BCUT2D eigenvalue weighted by molar-refractivity contribution is 0.598. The van der Waals surface area contributed by atoms with Crippen LogP contribution in [0.5, 0.6) is 0 Å². The van der Waals surface area contributed by atoms with E-state index < -0.39 is 10.0 Å². The molecule has 1 aromatic rings. The molecule has 0 bridgehead atoms. The van der Waals surface area contributed by atoms with Crippen LogP contribution in [0.3, 0.4) is 0 Å². The molecule has 0 aliphatic rings. The molecule has 1 N–H and O–H groups in total. The lowest BCUT2D eigenvalue weighted by Crippen LogP contribution is -2.16. The molecule has 0 aliphatic heterocycles. The second kappa shape index (κ2) is 5.89. The highest BCUT2D eigenvalue weighted by Crippen LogP contribution is 2.26. The van der Waals surface area contributed by atoms with Crippen molar-refractivity contribution in [3.63, 3.8) is 0 Å². The summed E-state index contributed by atoms with van der Waals surface area (Å²) in [6.45, 7) is 1.95. The number of unbranched alkanes of at least 4 members (excludes halogenated alkanes) is 1. The van der Waals surface area contributed by atoms with Crippen molar-refractivity contribution in [2.75, 3.05) is 10.5 Å². The number of benzene rings is 1. The van der Waals surface area contributed by atoms with Crippen LogP contribution in [0.25, 0.3) is 0 Å². The summed E-state index contributed by atoms with van der Waals surface area (Å²) in [5.74, 6) is 0.117. The minimum atomic E-state index is -3.29. The highest BCUT2D eigenvalue weighted by atomic mass is 79.9. The van der Waals surface area contributed by atoms with Gasteiger partial charge < -0.3 is 0 Å². The summed E-state index contributed by atoms with van der Waals surface area (Å²) in [5, 5.41) is 0.392. The fourth-order valence-corrected chi connectivity index (χ4v) is 2.99. The van der Waals surface area contributed by atoms with Crippen molar-refractivity contribution in [2.45, 2.75) is 19.8 Å². The van der Waals surface area contributed by atoms with Crippen LogP contribution in [0.1, 0.15) is 19.8 Å². The third kappa shape index (κ3) is 4.31. The topological polar surface area (TPSA) is 46.2 Å². The van der Waals surface area contributed by atoms with Crippen LogP contribution in [-0.4, -0.2) is 14.2 Å². The second-order valence-corrected chi connectivity index (χ2v) is 6.56. The van der Waals surface area contributed by atoms with Crippen LogP contribution in [0.4, 0.5) is 5.69 Å². The first-order chi connectivity index (χ1) is 7.44. The first-order valence-electron chi connectivity index (χ1n) is 4.90. The zero-order valence-corrected chi connectivity index (χ0v) is 12.0. The Bertz CT molecular complexity index is 462. The minimum absolute atomic E-state index is 0.117. The molecule has 16 heavy (non-hydrogen) atoms. The highest BCUT2D eigenvalue weighted by Gasteiger charge is 2.11. The van der Waals surface area contributed by atoms with Crippen LogP contribution in [0, 0.1) is 0 Å². The molecule has 1 aromatic carbocycles. The Morgan fingerprint density at radius 2 is 2.12 bits per heavy atom. The van der Waals surface area contributed by atoms with Gasteiger partial charge in [0.25, 0.3) is 0 Å². The van der Waals surface area contributed by atoms with Gasteiger partial charge >= 0.3 is 0 Å². The van der Waals surface area contributed by atoms with E-state index in [1.807, 2.05) is 6.92 Å². The fourth-order valence-electron chi connectivity index (χ4n) is 1.13. The molecule has 0 saturated carbocycles. The van der Waals surface area contributed by atoms with Gasteiger partial charge in [-0.3, -0.25) is 4.72 Å². The van der Waals surface area contributed by atoms with Crippen molar-refractivity contribution < 1.29 is 8.42 Å². The molecular formula is C10H13BrClNO2S. The van der Waals surface area contributed by atoms with Gasteiger partial charge in [0.05, 0.1) is 16.5 Å². The summed E-state index contributed by atoms with van der Waals surface area (Å²) in [5.41, 5.74) is 0.409. The molecule has 90 valence electrons. The van der Waals surface area contributed by atoms with Gasteiger partial charge in [-0.2, -0.15) is 0 Å². The van der Waals surface area contributed by atoms with Crippen LogP contribution in [0.2, 0.25) is 5.02 Å². The zero-order valence-electron chi connectivity index (χ0n) is 8.83. The lowest BCUT2D eigenvalue weighted by atomic mass is 10.3. The van der Waals surface area contributed by atoms with Gasteiger partial charge in [0.1, 0.15) is 0 Å². The average Bonchev–Trinajstić information content (AvgIpc) is 2.20. The molecule has 0 fully saturated rings. The summed E-state index contributed by atoms with van der Waals surface area (Å²) in [4.78, 5) is 0. The number of anilines is 1. The molecule has 6 heteroatoms. The van der Waals surface area contributed by atoms with Crippen LogP contribution in [-0.2, 0) is 10.0 Å². The summed E-state index contributed by atoms with van der Waals surface area (Å²) >= 11 is 9.15. The van der Waals surface area contributed by atoms with Crippen molar-refractivity contribution >= 4 is 43.2 Å². The molecule has 0 saturated heterocycles. The number of hydrogen-bond donors (Lipinski definition) is 1. The quantitative estimate of drug-likeness (QED) is 0.898. The summed E-state index contributed by atoms with van der Waals surface area (Å²) in [6.07, 6.45) is 1.48. The molecule has 0 heterocycles. The molecule has 0 atom stereocenters. The molecule has 3 nitrogen and oxygen atoms in total.